The molecule has 0 aliphatic heterocycles. The van der Waals surface area contributed by atoms with Crippen LogP contribution in [0.5, 0.6) is 5.75 Å². The van der Waals surface area contributed by atoms with Crippen molar-refractivity contribution in [2.75, 3.05) is 12.4 Å². The van der Waals surface area contributed by atoms with E-state index < -0.39 is 0 Å². The Hall–Kier alpha value is -1.07. The van der Waals surface area contributed by atoms with Gasteiger partial charge in [0.2, 0.25) is 0 Å². The molecule has 0 radical (unpaired) electrons. The molecule has 2 aromatic rings. The fraction of sp³-hybridized carbons (Fsp3) is 0.200. The molecule has 2 nitrogen and oxygen atoms in total. The lowest BCUT2D eigenvalue weighted by atomic mass is 10.1. The van der Waals surface area contributed by atoms with Gasteiger partial charge in [0, 0.05) is 22.3 Å². The van der Waals surface area contributed by atoms with Crippen LogP contribution < -0.4 is 10.1 Å². The predicted molar refractivity (Wildman–Crippen MR) is 86.9 cm³/mol. The lowest BCUT2D eigenvalue weighted by Gasteiger charge is -2.14. The lowest BCUT2D eigenvalue weighted by Crippen LogP contribution is -2.04. The fourth-order valence-electron chi connectivity index (χ4n) is 1.95. The first-order valence-corrected chi connectivity index (χ1v) is 7.62. The van der Waals surface area contributed by atoms with Crippen LogP contribution in [0.25, 0.3) is 0 Å². The van der Waals surface area contributed by atoms with Crippen molar-refractivity contribution in [2.24, 2.45) is 0 Å². The molecule has 0 saturated carbocycles. The maximum atomic E-state index is 13.3. The average molecular weight is 403 g/mol. The van der Waals surface area contributed by atoms with E-state index in [1.807, 2.05) is 19.1 Å². The van der Waals surface area contributed by atoms with Crippen molar-refractivity contribution in [3.63, 3.8) is 0 Å². The second kappa shape index (κ2) is 6.59. The van der Waals surface area contributed by atoms with Gasteiger partial charge in [-0.25, -0.2) is 4.39 Å². The van der Waals surface area contributed by atoms with Crippen molar-refractivity contribution < 1.29 is 9.13 Å². The highest BCUT2D eigenvalue weighted by atomic mass is 79.9. The number of nitrogens with one attached hydrogen (secondary N) is 1. The summed E-state index contributed by atoms with van der Waals surface area (Å²) in [6.07, 6.45) is 0. The van der Waals surface area contributed by atoms with Crippen LogP contribution in [0.2, 0.25) is 0 Å². The Morgan fingerprint density at radius 1 is 1.20 bits per heavy atom. The highest BCUT2D eigenvalue weighted by Crippen LogP contribution is 2.33. The number of hydrogen-bond donors (Lipinski definition) is 1. The number of halogens is 3. The number of methoxy groups -OCH3 is 1. The molecular weight excluding hydrogens is 389 g/mol. The Morgan fingerprint density at radius 3 is 2.65 bits per heavy atom. The van der Waals surface area contributed by atoms with Gasteiger partial charge in [-0.1, -0.05) is 22.0 Å². The second-order valence-electron chi connectivity index (χ2n) is 4.39. The van der Waals surface area contributed by atoms with E-state index >= 15 is 0 Å². The van der Waals surface area contributed by atoms with E-state index in [9.17, 15) is 4.39 Å². The Bertz CT molecular complexity index is 632. The first-order valence-electron chi connectivity index (χ1n) is 6.03. The molecule has 0 saturated heterocycles. The summed E-state index contributed by atoms with van der Waals surface area (Å²) >= 11 is 6.92. The smallest absolute Gasteiger partial charge is 0.138 e. The summed E-state index contributed by atoms with van der Waals surface area (Å²) in [6, 6.07) is 8.61. The molecule has 0 unspecified atom stereocenters. The highest BCUT2D eigenvalue weighted by Gasteiger charge is 2.10. The van der Waals surface area contributed by atoms with E-state index in [2.05, 4.69) is 37.2 Å². The monoisotopic (exact) mass is 401 g/mol. The maximum Gasteiger partial charge on any atom is 0.138 e. The molecule has 0 aromatic heterocycles. The molecule has 0 heterocycles. The molecule has 0 amide bonds. The van der Waals surface area contributed by atoms with E-state index in [1.54, 1.807) is 13.2 Å². The normalized spacial score (nSPS) is 10.4. The SMILES string of the molecule is COc1c(Br)cc(Br)cc1CNc1cc(F)ccc1C. The second-order valence-corrected chi connectivity index (χ2v) is 6.16. The van der Waals surface area contributed by atoms with Gasteiger partial charge >= 0.3 is 0 Å². The molecule has 2 aromatic carbocycles. The van der Waals surface area contributed by atoms with Gasteiger partial charge in [0.05, 0.1) is 11.6 Å². The Kier molecular flexibility index (Phi) is 5.05. The van der Waals surface area contributed by atoms with Crippen LogP contribution in [-0.2, 0) is 6.54 Å². The maximum absolute atomic E-state index is 13.3. The van der Waals surface area contributed by atoms with Gasteiger partial charge in [-0.15, -0.1) is 0 Å². The van der Waals surface area contributed by atoms with E-state index in [0.717, 1.165) is 31.5 Å². The molecule has 0 fully saturated rings. The van der Waals surface area contributed by atoms with E-state index in [1.165, 1.54) is 12.1 Å². The van der Waals surface area contributed by atoms with Gasteiger partial charge in [0.1, 0.15) is 11.6 Å². The van der Waals surface area contributed by atoms with E-state index in [4.69, 9.17) is 4.74 Å². The fourth-order valence-corrected chi connectivity index (χ4v) is 3.42. The number of hydrogen-bond acceptors (Lipinski definition) is 2. The standard InChI is InChI=1S/C15H14Br2FNO/c1-9-3-4-12(18)7-14(9)19-8-10-5-11(16)6-13(17)15(10)20-2/h3-7,19H,8H2,1-2H3. The summed E-state index contributed by atoms with van der Waals surface area (Å²) < 4.78 is 20.5. The van der Waals surface area contributed by atoms with Crippen molar-refractivity contribution in [2.45, 2.75) is 13.5 Å². The zero-order valence-corrected chi connectivity index (χ0v) is 14.3. The minimum Gasteiger partial charge on any atom is -0.495 e. The third kappa shape index (κ3) is 3.52. The zero-order chi connectivity index (χ0) is 14.7. The minimum atomic E-state index is -0.250. The molecule has 2 rings (SSSR count). The summed E-state index contributed by atoms with van der Waals surface area (Å²) in [5.74, 6) is 0.523. The van der Waals surface area contributed by atoms with Crippen LogP contribution in [0, 0.1) is 12.7 Å². The van der Waals surface area contributed by atoms with Gasteiger partial charge < -0.3 is 10.1 Å². The van der Waals surface area contributed by atoms with Crippen molar-refractivity contribution in [1.82, 2.24) is 0 Å². The first kappa shape index (κ1) is 15.3. The van der Waals surface area contributed by atoms with Crippen LogP contribution in [0.1, 0.15) is 11.1 Å². The topological polar surface area (TPSA) is 21.3 Å². The highest BCUT2D eigenvalue weighted by molar-refractivity contribution is 9.11. The minimum absolute atomic E-state index is 0.250. The van der Waals surface area contributed by atoms with Crippen molar-refractivity contribution in [3.8, 4) is 5.75 Å². The molecule has 0 spiro atoms. The van der Waals surface area contributed by atoms with Gasteiger partial charge in [0.25, 0.3) is 0 Å². The van der Waals surface area contributed by atoms with Gasteiger partial charge in [-0.05, 0) is 52.7 Å². The van der Waals surface area contributed by atoms with Crippen LogP contribution in [-0.4, -0.2) is 7.11 Å². The molecule has 0 aliphatic carbocycles. The van der Waals surface area contributed by atoms with Crippen LogP contribution >= 0.6 is 31.9 Å². The molecule has 1 N–H and O–H groups in total. The average Bonchev–Trinajstić information content (AvgIpc) is 2.39. The van der Waals surface area contributed by atoms with Crippen LogP contribution in [0.4, 0.5) is 10.1 Å². The number of rotatable bonds is 4. The van der Waals surface area contributed by atoms with Crippen molar-refractivity contribution >= 4 is 37.5 Å². The first-order chi connectivity index (χ1) is 9.51. The van der Waals surface area contributed by atoms with Gasteiger partial charge in [-0.2, -0.15) is 0 Å². The third-order valence-corrected chi connectivity index (χ3v) is 4.01. The lowest BCUT2D eigenvalue weighted by molar-refractivity contribution is 0.407. The van der Waals surface area contributed by atoms with Crippen LogP contribution in [0.15, 0.2) is 39.3 Å². The summed E-state index contributed by atoms with van der Waals surface area (Å²) in [7, 11) is 1.63. The molecule has 0 bridgehead atoms. The number of ether oxygens (including phenoxy) is 1. The van der Waals surface area contributed by atoms with Crippen molar-refractivity contribution in [3.05, 3.63) is 56.2 Å². The largest absolute Gasteiger partial charge is 0.495 e. The van der Waals surface area contributed by atoms with Crippen molar-refractivity contribution in [1.29, 1.82) is 0 Å². The molecule has 106 valence electrons. The van der Waals surface area contributed by atoms with E-state index in [-0.39, 0.29) is 5.82 Å². The summed E-state index contributed by atoms with van der Waals surface area (Å²) in [4.78, 5) is 0. The number of aryl methyl sites for hydroxylation is 1. The molecule has 0 atom stereocenters. The van der Waals surface area contributed by atoms with Gasteiger partial charge in [0.15, 0.2) is 0 Å². The van der Waals surface area contributed by atoms with Gasteiger partial charge in [-0.3, -0.25) is 0 Å². The Balaban J connectivity index is 2.24. The number of anilines is 1. The third-order valence-electron chi connectivity index (χ3n) is 2.96. The quantitative estimate of drug-likeness (QED) is 0.751. The van der Waals surface area contributed by atoms with E-state index in [0.29, 0.717) is 6.54 Å². The Morgan fingerprint density at radius 2 is 1.95 bits per heavy atom. The number of benzene rings is 2. The zero-order valence-electron chi connectivity index (χ0n) is 11.1. The molecule has 5 heteroatoms. The Labute approximate surface area is 134 Å². The van der Waals surface area contributed by atoms with Crippen LogP contribution in [0.3, 0.4) is 0 Å². The summed E-state index contributed by atoms with van der Waals surface area (Å²) in [6.45, 7) is 2.49. The summed E-state index contributed by atoms with van der Waals surface area (Å²) in [5, 5.41) is 3.24. The molecular formula is C15H14Br2FNO. The molecule has 20 heavy (non-hydrogen) atoms. The predicted octanol–water partition coefficient (Wildman–Crippen LogP) is 5.28. The molecule has 0 aliphatic rings. The summed E-state index contributed by atoms with van der Waals surface area (Å²) in [5.41, 5.74) is 2.76.